The molecular formula is C20H26N4O2S. The highest BCUT2D eigenvalue weighted by Crippen LogP contribution is 2.31. The van der Waals surface area contributed by atoms with Crippen LogP contribution in [0.4, 0.5) is 15.5 Å². The van der Waals surface area contributed by atoms with Gasteiger partial charge in [0.2, 0.25) is 0 Å². The number of carbonyl (C=O) groups is 1. The lowest BCUT2D eigenvalue weighted by atomic mass is 10.0. The molecule has 1 saturated heterocycles. The lowest BCUT2D eigenvalue weighted by Gasteiger charge is -2.35. The Morgan fingerprint density at radius 3 is 2.89 bits per heavy atom. The fourth-order valence-electron chi connectivity index (χ4n) is 3.84. The van der Waals surface area contributed by atoms with E-state index in [2.05, 4.69) is 45.7 Å². The van der Waals surface area contributed by atoms with Gasteiger partial charge < -0.3 is 15.0 Å². The number of urea groups is 1. The zero-order chi connectivity index (χ0) is 18.6. The van der Waals surface area contributed by atoms with Gasteiger partial charge in [-0.3, -0.25) is 10.2 Å². The van der Waals surface area contributed by atoms with Crippen molar-refractivity contribution in [3.8, 4) is 0 Å². The Labute approximate surface area is 164 Å². The second-order valence-electron chi connectivity index (χ2n) is 7.04. The minimum absolute atomic E-state index is 0.152. The number of fused-ring (bicyclic) bond motifs is 1. The third kappa shape index (κ3) is 4.26. The Morgan fingerprint density at radius 1 is 1.26 bits per heavy atom. The summed E-state index contributed by atoms with van der Waals surface area (Å²) in [5.41, 5.74) is 3.99. The fraction of sp³-hybridized carbons (Fsp3) is 0.450. The molecule has 1 fully saturated rings. The molecule has 7 heteroatoms. The molecule has 2 amide bonds. The minimum atomic E-state index is -0.156. The molecule has 0 unspecified atom stereocenters. The topological polar surface area (TPSA) is 56.8 Å². The first-order valence-corrected chi connectivity index (χ1v) is 10.3. The van der Waals surface area contributed by atoms with E-state index in [0.717, 1.165) is 44.3 Å². The average molecular weight is 387 g/mol. The van der Waals surface area contributed by atoms with Gasteiger partial charge in [0.05, 0.1) is 24.3 Å². The molecule has 2 N–H and O–H groups in total. The zero-order valence-electron chi connectivity index (χ0n) is 15.6. The molecule has 2 aliphatic rings. The van der Waals surface area contributed by atoms with Crippen LogP contribution in [0.2, 0.25) is 0 Å². The Morgan fingerprint density at radius 2 is 2.11 bits per heavy atom. The number of rotatable bonds is 5. The van der Waals surface area contributed by atoms with Crippen molar-refractivity contribution in [1.82, 2.24) is 10.2 Å². The monoisotopic (exact) mass is 386 g/mol. The van der Waals surface area contributed by atoms with Crippen LogP contribution in [0.3, 0.4) is 0 Å². The molecule has 1 aromatic carbocycles. The number of hydrogen-bond acceptors (Lipinski definition) is 5. The maximum absolute atomic E-state index is 12.3. The summed E-state index contributed by atoms with van der Waals surface area (Å²) in [5, 5.41) is 8.76. The van der Waals surface area contributed by atoms with Crippen molar-refractivity contribution in [2.45, 2.75) is 12.5 Å². The van der Waals surface area contributed by atoms with Crippen molar-refractivity contribution < 1.29 is 9.53 Å². The Hall–Kier alpha value is -2.09. The first-order chi connectivity index (χ1) is 13.2. The van der Waals surface area contributed by atoms with Gasteiger partial charge in [-0.2, -0.15) is 0 Å². The van der Waals surface area contributed by atoms with Gasteiger partial charge in [-0.05, 0) is 41.1 Å². The highest BCUT2D eigenvalue weighted by Gasteiger charge is 2.25. The molecule has 0 saturated carbocycles. The first-order valence-electron chi connectivity index (χ1n) is 9.45. The van der Waals surface area contributed by atoms with Crippen molar-refractivity contribution in [1.29, 1.82) is 0 Å². The molecule has 27 heavy (non-hydrogen) atoms. The summed E-state index contributed by atoms with van der Waals surface area (Å²) in [4.78, 5) is 17.0. The number of hydrogen-bond donors (Lipinski definition) is 2. The van der Waals surface area contributed by atoms with Crippen LogP contribution in [0.25, 0.3) is 0 Å². The van der Waals surface area contributed by atoms with Gasteiger partial charge >= 0.3 is 6.03 Å². The van der Waals surface area contributed by atoms with Gasteiger partial charge in [-0.25, -0.2) is 4.79 Å². The summed E-state index contributed by atoms with van der Waals surface area (Å²) >= 11 is 1.52. The predicted octanol–water partition coefficient (Wildman–Crippen LogP) is 2.94. The number of likely N-dealkylation sites (N-methyl/N-ethyl adjacent to an activating group) is 1. The highest BCUT2D eigenvalue weighted by atomic mass is 32.1. The van der Waals surface area contributed by atoms with Crippen LogP contribution < -0.4 is 15.5 Å². The Kier molecular flexibility index (Phi) is 5.61. The number of benzene rings is 1. The molecule has 0 radical (unpaired) electrons. The molecule has 0 bridgehead atoms. The number of nitrogens with one attached hydrogen (secondary N) is 2. The van der Waals surface area contributed by atoms with Crippen LogP contribution in [-0.2, 0) is 11.2 Å². The van der Waals surface area contributed by atoms with Crippen molar-refractivity contribution in [3.05, 3.63) is 46.8 Å². The first kappa shape index (κ1) is 18.3. The summed E-state index contributed by atoms with van der Waals surface area (Å²) in [6.07, 6.45) is 1.09. The highest BCUT2D eigenvalue weighted by molar-refractivity contribution is 7.14. The molecule has 144 valence electrons. The van der Waals surface area contributed by atoms with E-state index in [-0.39, 0.29) is 12.1 Å². The van der Waals surface area contributed by atoms with Gasteiger partial charge in [-0.15, -0.1) is 11.3 Å². The third-order valence-electron chi connectivity index (χ3n) is 5.32. The molecule has 2 aromatic rings. The van der Waals surface area contributed by atoms with Gasteiger partial charge in [0.1, 0.15) is 0 Å². The standard InChI is InChI=1S/C20H26N4O2S/c1-23-7-6-16-13-15(4-5-17(16)23)18(24-8-10-26-11-9-24)14-21-20(25)22-19-3-2-12-27-19/h2-5,12-13,18H,6-11,14H2,1H3,(H2,21,22,25)/t18-/m1/s1. The molecule has 2 aliphatic heterocycles. The number of carbonyl (C=O) groups excluding carboxylic acids is 1. The van der Waals surface area contributed by atoms with Crippen molar-refractivity contribution >= 4 is 28.1 Å². The van der Waals surface area contributed by atoms with Gasteiger partial charge in [0.25, 0.3) is 0 Å². The molecular weight excluding hydrogens is 360 g/mol. The van der Waals surface area contributed by atoms with E-state index in [1.807, 2.05) is 17.5 Å². The number of morpholine rings is 1. The second kappa shape index (κ2) is 8.29. The summed E-state index contributed by atoms with van der Waals surface area (Å²) in [6.45, 7) is 4.90. The van der Waals surface area contributed by atoms with Crippen LogP contribution in [0, 0.1) is 0 Å². The van der Waals surface area contributed by atoms with Crippen LogP contribution >= 0.6 is 11.3 Å². The summed E-state index contributed by atoms with van der Waals surface area (Å²) in [5.74, 6) is 0. The number of anilines is 2. The second-order valence-corrected chi connectivity index (χ2v) is 7.98. The van der Waals surface area contributed by atoms with Crippen molar-refractivity contribution in [3.63, 3.8) is 0 Å². The summed E-state index contributed by atoms with van der Waals surface area (Å²) < 4.78 is 5.52. The Balaban J connectivity index is 1.48. The quantitative estimate of drug-likeness (QED) is 0.830. The molecule has 0 aliphatic carbocycles. The molecule has 1 atom stereocenters. The van der Waals surface area contributed by atoms with Gasteiger partial charge in [0, 0.05) is 38.9 Å². The normalized spacial score (nSPS) is 18.2. The van der Waals surface area contributed by atoms with E-state index in [4.69, 9.17) is 4.74 Å². The van der Waals surface area contributed by atoms with E-state index in [0.29, 0.717) is 6.54 Å². The minimum Gasteiger partial charge on any atom is -0.379 e. The summed E-state index contributed by atoms with van der Waals surface area (Å²) in [6, 6.07) is 10.6. The van der Waals surface area contributed by atoms with Gasteiger partial charge in [-0.1, -0.05) is 12.1 Å². The fourth-order valence-corrected chi connectivity index (χ4v) is 4.45. The van der Waals surface area contributed by atoms with Crippen LogP contribution in [0.1, 0.15) is 17.2 Å². The van der Waals surface area contributed by atoms with Crippen LogP contribution in [0.5, 0.6) is 0 Å². The van der Waals surface area contributed by atoms with Crippen molar-refractivity contribution in [2.75, 3.05) is 56.7 Å². The number of nitrogens with zero attached hydrogens (tertiary/aromatic N) is 2. The van der Waals surface area contributed by atoms with Gasteiger partial charge in [0.15, 0.2) is 0 Å². The number of ether oxygens (including phenoxy) is 1. The average Bonchev–Trinajstić information content (AvgIpc) is 3.33. The lowest BCUT2D eigenvalue weighted by molar-refractivity contribution is 0.0168. The molecule has 1 aromatic heterocycles. The zero-order valence-corrected chi connectivity index (χ0v) is 16.4. The van der Waals surface area contributed by atoms with E-state index in [9.17, 15) is 4.79 Å². The smallest absolute Gasteiger partial charge is 0.319 e. The van der Waals surface area contributed by atoms with Crippen molar-refractivity contribution in [2.24, 2.45) is 0 Å². The van der Waals surface area contributed by atoms with E-state index >= 15 is 0 Å². The maximum Gasteiger partial charge on any atom is 0.319 e. The lowest BCUT2D eigenvalue weighted by Crippen LogP contribution is -2.44. The van der Waals surface area contributed by atoms with Crippen LogP contribution in [0.15, 0.2) is 35.7 Å². The third-order valence-corrected chi connectivity index (χ3v) is 6.10. The molecule has 4 rings (SSSR count). The largest absolute Gasteiger partial charge is 0.379 e. The summed E-state index contributed by atoms with van der Waals surface area (Å²) in [7, 11) is 2.14. The van der Waals surface area contributed by atoms with E-state index in [1.54, 1.807) is 0 Å². The molecule has 0 spiro atoms. The SMILES string of the molecule is CN1CCc2cc([C@@H](CNC(=O)Nc3cccs3)N3CCOCC3)ccc21. The maximum atomic E-state index is 12.3. The van der Waals surface area contributed by atoms with E-state index < -0.39 is 0 Å². The van der Waals surface area contributed by atoms with Crippen LogP contribution in [-0.4, -0.2) is 57.4 Å². The molecule has 3 heterocycles. The number of amides is 2. The number of thiophene rings is 1. The predicted molar refractivity (Wildman–Crippen MR) is 110 cm³/mol. The molecule has 6 nitrogen and oxygen atoms in total. The Bertz CT molecular complexity index is 774. The van der Waals surface area contributed by atoms with E-state index in [1.165, 1.54) is 28.2 Å².